The Balaban J connectivity index is 1.67. The zero-order valence-corrected chi connectivity index (χ0v) is 12.5. The maximum Gasteiger partial charge on any atom is -0.0200 e. The summed E-state index contributed by atoms with van der Waals surface area (Å²) < 4.78 is 0. The van der Waals surface area contributed by atoms with Crippen molar-refractivity contribution >= 4 is 0 Å². The van der Waals surface area contributed by atoms with E-state index < -0.39 is 0 Å². The molecule has 0 heterocycles. The third-order valence-electron chi connectivity index (χ3n) is 4.66. The summed E-state index contributed by atoms with van der Waals surface area (Å²) in [5, 5.41) is 0. The molecule has 1 aromatic carbocycles. The van der Waals surface area contributed by atoms with Crippen LogP contribution in [0.3, 0.4) is 0 Å². The molecule has 0 nitrogen and oxygen atoms in total. The fraction of sp³-hybridized carbons (Fsp3) is 0.632. The minimum absolute atomic E-state index is 1.04. The van der Waals surface area contributed by atoms with Gasteiger partial charge in [-0.15, -0.1) is 0 Å². The Morgan fingerprint density at radius 1 is 1.05 bits per heavy atom. The Kier molecular flexibility index (Phi) is 6.47. The minimum Gasteiger partial charge on any atom is -0.0648 e. The van der Waals surface area contributed by atoms with Gasteiger partial charge in [-0.1, -0.05) is 82.2 Å². The average molecular weight is 257 g/mol. The molecule has 1 aliphatic rings. The van der Waals surface area contributed by atoms with E-state index in [0.717, 1.165) is 5.92 Å². The summed E-state index contributed by atoms with van der Waals surface area (Å²) >= 11 is 0. The molecule has 1 saturated carbocycles. The molecule has 1 radical (unpaired) electrons. The van der Waals surface area contributed by atoms with Crippen molar-refractivity contribution in [3.8, 4) is 0 Å². The van der Waals surface area contributed by atoms with Crippen molar-refractivity contribution in [2.45, 2.75) is 71.1 Å². The Bertz CT molecular complexity index is 321. The van der Waals surface area contributed by atoms with Crippen molar-refractivity contribution in [2.75, 3.05) is 0 Å². The average Bonchev–Trinajstić information content (AvgIpc) is 2.48. The highest BCUT2D eigenvalue weighted by molar-refractivity contribution is 5.18. The van der Waals surface area contributed by atoms with Gasteiger partial charge >= 0.3 is 0 Å². The van der Waals surface area contributed by atoms with Gasteiger partial charge in [0.05, 0.1) is 0 Å². The van der Waals surface area contributed by atoms with E-state index in [1.807, 2.05) is 0 Å². The minimum atomic E-state index is 1.04. The molecule has 1 fully saturated rings. The standard InChI is InChI=1S/C19H29/c1-2-17(16-19-12-7-4-8-13-19)14-9-15-18-10-5-3-6-11-18/h4,7-8,12-13,18H,2-3,5-6,9-11,14-16H2,1H3. The normalized spacial score (nSPS) is 16.9. The zero-order valence-electron chi connectivity index (χ0n) is 12.5. The third-order valence-corrected chi connectivity index (χ3v) is 4.66. The maximum atomic E-state index is 2.32. The highest BCUT2D eigenvalue weighted by Gasteiger charge is 2.14. The van der Waals surface area contributed by atoms with Gasteiger partial charge in [0.2, 0.25) is 0 Å². The monoisotopic (exact) mass is 257 g/mol. The molecule has 1 aromatic rings. The van der Waals surface area contributed by atoms with Gasteiger partial charge in [0.15, 0.2) is 0 Å². The Hall–Kier alpha value is -0.780. The molecule has 0 aliphatic heterocycles. The van der Waals surface area contributed by atoms with Crippen molar-refractivity contribution < 1.29 is 0 Å². The van der Waals surface area contributed by atoms with E-state index in [9.17, 15) is 0 Å². The van der Waals surface area contributed by atoms with Gasteiger partial charge in [0.25, 0.3) is 0 Å². The Morgan fingerprint density at radius 2 is 1.79 bits per heavy atom. The molecule has 0 heteroatoms. The highest BCUT2D eigenvalue weighted by Crippen LogP contribution is 2.29. The van der Waals surface area contributed by atoms with E-state index in [1.54, 1.807) is 5.92 Å². The van der Waals surface area contributed by atoms with Crippen LogP contribution in [0.1, 0.15) is 70.3 Å². The lowest BCUT2D eigenvalue weighted by atomic mass is 9.84. The quantitative estimate of drug-likeness (QED) is 0.565. The topological polar surface area (TPSA) is 0 Å². The van der Waals surface area contributed by atoms with Crippen LogP contribution in [0.15, 0.2) is 30.3 Å². The molecule has 0 amide bonds. The summed E-state index contributed by atoms with van der Waals surface area (Å²) in [6.45, 7) is 2.32. The summed E-state index contributed by atoms with van der Waals surface area (Å²) in [4.78, 5) is 0. The molecular weight excluding hydrogens is 228 g/mol. The van der Waals surface area contributed by atoms with Gasteiger partial charge in [0, 0.05) is 0 Å². The van der Waals surface area contributed by atoms with Gasteiger partial charge in [0.1, 0.15) is 0 Å². The second-order valence-corrected chi connectivity index (χ2v) is 6.16. The van der Waals surface area contributed by atoms with Crippen LogP contribution in [-0.2, 0) is 6.42 Å². The van der Waals surface area contributed by atoms with Crippen LogP contribution < -0.4 is 0 Å². The van der Waals surface area contributed by atoms with Gasteiger partial charge in [-0.3, -0.25) is 0 Å². The predicted molar refractivity (Wildman–Crippen MR) is 84.1 cm³/mol. The van der Waals surface area contributed by atoms with E-state index in [-0.39, 0.29) is 0 Å². The zero-order chi connectivity index (χ0) is 13.3. The van der Waals surface area contributed by atoms with Crippen LogP contribution in [0.25, 0.3) is 0 Å². The summed E-state index contributed by atoms with van der Waals surface area (Å²) in [6, 6.07) is 10.9. The van der Waals surface area contributed by atoms with Gasteiger partial charge in [-0.05, 0) is 36.7 Å². The second-order valence-electron chi connectivity index (χ2n) is 6.16. The molecule has 0 unspecified atom stereocenters. The van der Waals surface area contributed by atoms with Crippen LogP contribution in [0.4, 0.5) is 0 Å². The van der Waals surface area contributed by atoms with Crippen LogP contribution in [0, 0.1) is 11.8 Å². The fourth-order valence-corrected chi connectivity index (χ4v) is 3.39. The lowest BCUT2D eigenvalue weighted by Gasteiger charge is -2.22. The molecule has 0 N–H and O–H groups in total. The number of rotatable bonds is 7. The van der Waals surface area contributed by atoms with Crippen LogP contribution in [0.2, 0.25) is 0 Å². The molecule has 19 heavy (non-hydrogen) atoms. The van der Waals surface area contributed by atoms with E-state index in [4.69, 9.17) is 0 Å². The number of hydrogen-bond donors (Lipinski definition) is 0. The molecule has 0 aromatic heterocycles. The van der Waals surface area contributed by atoms with Gasteiger partial charge < -0.3 is 0 Å². The van der Waals surface area contributed by atoms with Crippen LogP contribution >= 0.6 is 0 Å². The van der Waals surface area contributed by atoms with E-state index >= 15 is 0 Å². The van der Waals surface area contributed by atoms with E-state index in [1.165, 1.54) is 69.8 Å². The van der Waals surface area contributed by atoms with Crippen molar-refractivity contribution in [1.29, 1.82) is 0 Å². The van der Waals surface area contributed by atoms with E-state index in [2.05, 4.69) is 37.3 Å². The summed E-state index contributed by atoms with van der Waals surface area (Å²) in [6.07, 6.45) is 14.1. The summed E-state index contributed by atoms with van der Waals surface area (Å²) in [5.74, 6) is 2.78. The Morgan fingerprint density at radius 3 is 2.47 bits per heavy atom. The van der Waals surface area contributed by atoms with Gasteiger partial charge in [-0.2, -0.15) is 0 Å². The number of benzene rings is 1. The van der Waals surface area contributed by atoms with Crippen LogP contribution in [0.5, 0.6) is 0 Å². The lowest BCUT2D eigenvalue weighted by Crippen LogP contribution is -2.07. The van der Waals surface area contributed by atoms with Crippen molar-refractivity contribution in [3.63, 3.8) is 0 Å². The Labute approximate surface area is 119 Å². The van der Waals surface area contributed by atoms with Gasteiger partial charge in [-0.25, -0.2) is 0 Å². The second kappa shape index (κ2) is 8.40. The molecule has 0 atom stereocenters. The number of hydrogen-bond acceptors (Lipinski definition) is 0. The van der Waals surface area contributed by atoms with Crippen molar-refractivity contribution in [3.05, 3.63) is 41.8 Å². The predicted octanol–water partition coefficient (Wildman–Crippen LogP) is 5.96. The largest absolute Gasteiger partial charge is 0.0648 e. The van der Waals surface area contributed by atoms with Crippen molar-refractivity contribution in [2.24, 2.45) is 5.92 Å². The van der Waals surface area contributed by atoms with Crippen LogP contribution in [-0.4, -0.2) is 0 Å². The van der Waals surface area contributed by atoms with Crippen molar-refractivity contribution in [1.82, 2.24) is 0 Å². The molecule has 0 saturated heterocycles. The first-order valence-corrected chi connectivity index (χ1v) is 8.26. The first-order valence-electron chi connectivity index (χ1n) is 8.26. The third kappa shape index (κ3) is 5.38. The smallest absolute Gasteiger partial charge is 0.0200 e. The first kappa shape index (κ1) is 14.6. The fourth-order valence-electron chi connectivity index (χ4n) is 3.39. The molecule has 1 aliphatic carbocycles. The molecule has 0 bridgehead atoms. The summed E-state index contributed by atoms with van der Waals surface area (Å²) in [7, 11) is 0. The summed E-state index contributed by atoms with van der Waals surface area (Å²) in [5.41, 5.74) is 1.48. The first-order chi connectivity index (χ1) is 9.38. The lowest BCUT2D eigenvalue weighted by molar-refractivity contribution is 0.330. The molecule has 2 rings (SSSR count). The maximum absolute atomic E-state index is 2.32. The molecule has 0 spiro atoms. The molecule has 105 valence electrons. The highest BCUT2D eigenvalue weighted by atomic mass is 14.2. The van der Waals surface area contributed by atoms with E-state index in [0.29, 0.717) is 0 Å². The SMILES string of the molecule is CC[C](CCCC1CCCCC1)Cc1ccccc1. The molecular formula is C19H29.